The van der Waals surface area contributed by atoms with E-state index in [2.05, 4.69) is 35.2 Å². The van der Waals surface area contributed by atoms with E-state index in [0.29, 0.717) is 0 Å². The summed E-state index contributed by atoms with van der Waals surface area (Å²) < 4.78 is 0. The van der Waals surface area contributed by atoms with Gasteiger partial charge >= 0.3 is 0 Å². The minimum absolute atomic E-state index is 0.397. The van der Waals surface area contributed by atoms with E-state index in [1.807, 2.05) is 84.9 Å². The molecular formula is C29H27N3. The first-order valence-electron chi connectivity index (χ1n) is 11.1. The number of hydrogen-bond acceptors (Lipinski definition) is 3. The molecule has 0 saturated carbocycles. The van der Waals surface area contributed by atoms with E-state index in [-0.39, 0.29) is 0 Å². The van der Waals surface area contributed by atoms with Crippen LogP contribution in [0.4, 0.5) is 0 Å². The minimum atomic E-state index is -0.821. The Bertz CT molecular complexity index is 1070. The second-order valence-electron chi connectivity index (χ2n) is 8.41. The quantitative estimate of drug-likeness (QED) is 0.490. The van der Waals surface area contributed by atoms with Crippen molar-refractivity contribution < 1.29 is 0 Å². The maximum Gasteiger partial charge on any atom is 0.125 e. The molecule has 3 aromatic carbocycles. The molecule has 1 aliphatic heterocycles. The van der Waals surface area contributed by atoms with E-state index in [1.165, 1.54) is 0 Å². The fourth-order valence-electron chi connectivity index (χ4n) is 4.65. The molecule has 1 saturated heterocycles. The van der Waals surface area contributed by atoms with Crippen molar-refractivity contribution in [3.8, 4) is 12.1 Å². The summed E-state index contributed by atoms with van der Waals surface area (Å²) >= 11 is 0. The van der Waals surface area contributed by atoms with Crippen LogP contribution in [0.3, 0.4) is 0 Å². The van der Waals surface area contributed by atoms with Gasteiger partial charge in [0.05, 0.1) is 17.6 Å². The third-order valence-electron chi connectivity index (χ3n) is 6.62. The SMILES string of the molecule is N#CC1(c2ccccc2)CCN(CC=CC(C#N)(c2ccccc2)c2ccccc2)CC1. The fourth-order valence-corrected chi connectivity index (χ4v) is 4.65. The molecule has 0 amide bonds. The highest BCUT2D eigenvalue weighted by molar-refractivity contribution is 5.51. The van der Waals surface area contributed by atoms with E-state index >= 15 is 0 Å². The molecule has 0 atom stereocenters. The van der Waals surface area contributed by atoms with E-state index in [4.69, 9.17) is 0 Å². The summed E-state index contributed by atoms with van der Waals surface area (Å²) in [4.78, 5) is 2.37. The first kappa shape index (κ1) is 21.6. The molecule has 3 nitrogen and oxygen atoms in total. The van der Waals surface area contributed by atoms with Crippen LogP contribution in [0.25, 0.3) is 0 Å². The highest BCUT2D eigenvalue weighted by Crippen LogP contribution is 2.36. The third-order valence-corrected chi connectivity index (χ3v) is 6.62. The molecule has 158 valence electrons. The molecule has 0 radical (unpaired) electrons. The maximum absolute atomic E-state index is 10.3. The van der Waals surface area contributed by atoms with Gasteiger partial charge < -0.3 is 0 Å². The zero-order valence-corrected chi connectivity index (χ0v) is 18.2. The Morgan fingerprint density at radius 3 is 1.75 bits per heavy atom. The molecule has 0 spiro atoms. The van der Waals surface area contributed by atoms with Gasteiger partial charge in [-0.1, -0.05) is 103 Å². The van der Waals surface area contributed by atoms with Crippen LogP contribution in [0.1, 0.15) is 29.5 Å². The van der Waals surface area contributed by atoms with Crippen molar-refractivity contribution in [1.29, 1.82) is 10.5 Å². The van der Waals surface area contributed by atoms with Crippen molar-refractivity contribution in [3.05, 3.63) is 120 Å². The topological polar surface area (TPSA) is 50.8 Å². The van der Waals surface area contributed by atoms with E-state index < -0.39 is 10.8 Å². The first-order valence-corrected chi connectivity index (χ1v) is 11.1. The summed E-state index contributed by atoms with van der Waals surface area (Å²) in [6.07, 6.45) is 5.80. The van der Waals surface area contributed by atoms with E-state index in [9.17, 15) is 10.5 Å². The molecule has 32 heavy (non-hydrogen) atoms. The zero-order chi connectivity index (χ0) is 22.3. The average molecular weight is 418 g/mol. The van der Waals surface area contributed by atoms with Gasteiger partial charge in [0.2, 0.25) is 0 Å². The number of rotatable bonds is 6. The van der Waals surface area contributed by atoms with Crippen LogP contribution in [0, 0.1) is 22.7 Å². The standard InChI is InChI=1S/C29H27N3/c30-23-28(25-11-4-1-5-12-25)18-21-32(22-19-28)20-10-17-29(24-31,26-13-6-2-7-14-26)27-15-8-3-9-16-27/h1-17H,18-22H2. The Kier molecular flexibility index (Phi) is 6.50. The number of allylic oxidation sites excluding steroid dienone is 1. The van der Waals surface area contributed by atoms with Gasteiger partial charge in [0.15, 0.2) is 0 Å². The lowest BCUT2D eigenvalue weighted by atomic mass is 9.74. The van der Waals surface area contributed by atoms with Crippen LogP contribution in [0.5, 0.6) is 0 Å². The van der Waals surface area contributed by atoms with Gasteiger partial charge in [-0.05, 0) is 29.5 Å². The maximum atomic E-state index is 10.3. The van der Waals surface area contributed by atoms with Gasteiger partial charge in [0.25, 0.3) is 0 Å². The lowest BCUT2D eigenvalue weighted by Gasteiger charge is -2.37. The highest BCUT2D eigenvalue weighted by atomic mass is 15.1. The number of nitrogens with zero attached hydrogens (tertiary/aromatic N) is 3. The van der Waals surface area contributed by atoms with Crippen LogP contribution in [-0.4, -0.2) is 24.5 Å². The summed E-state index contributed by atoms with van der Waals surface area (Å²) in [5.41, 5.74) is 1.84. The minimum Gasteiger partial charge on any atom is -0.300 e. The molecule has 1 aliphatic rings. The fraction of sp³-hybridized carbons (Fsp3) is 0.241. The van der Waals surface area contributed by atoms with Gasteiger partial charge in [-0.2, -0.15) is 10.5 Å². The first-order chi connectivity index (χ1) is 15.7. The predicted molar refractivity (Wildman–Crippen MR) is 128 cm³/mol. The summed E-state index contributed by atoms with van der Waals surface area (Å²) in [6, 6.07) is 35.3. The Morgan fingerprint density at radius 2 is 1.28 bits per heavy atom. The third kappa shape index (κ3) is 4.22. The molecule has 0 aliphatic carbocycles. The Morgan fingerprint density at radius 1 is 0.781 bits per heavy atom. The number of nitriles is 2. The van der Waals surface area contributed by atoms with Crippen molar-refractivity contribution in [2.45, 2.75) is 23.7 Å². The second-order valence-corrected chi connectivity index (χ2v) is 8.41. The van der Waals surface area contributed by atoms with Crippen molar-refractivity contribution in [2.24, 2.45) is 0 Å². The van der Waals surface area contributed by atoms with Crippen molar-refractivity contribution in [3.63, 3.8) is 0 Å². The van der Waals surface area contributed by atoms with Crippen LogP contribution in [0.15, 0.2) is 103 Å². The predicted octanol–water partition coefficient (Wildman–Crippen LogP) is 5.61. The van der Waals surface area contributed by atoms with Crippen LogP contribution in [-0.2, 0) is 10.8 Å². The van der Waals surface area contributed by atoms with Gasteiger partial charge in [0.1, 0.15) is 5.41 Å². The molecule has 3 aromatic rings. The van der Waals surface area contributed by atoms with E-state index in [0.717, 1.165) is 49.2 Å². The Hall–Kier alpha value is -3.66. The molecule has 4 rings (SSSR count). The normalized spacial score (nSPS) is 16.3. The monoisotopic (exact) mass is 417 g/mol. The van der Waals surface area contributed by atoms with Gasteiger partial charge in [0, 0.05) is 19.6 Å². The Balaban J connectivity index is 1.51. The van der Waals surface area contributed by atoms with Crippen LogP contribution in [0.2, 0.25) is 0 Å². The number of benzene rings is 3. The molecular weight excluding hydrogens is 390 g/mol. The molecule has 0 aromatic heterocycles. The van der Waals surface area contributed by atoms with Crippen LogP contribution >= 0.6 is 0 Å². The summed E-state index contributed by atoms with van der Waals surface area (Å²) in [6.45, 7) is 2.49. The van der Waals surface area contributed by atoms with Crippen molar-refractivity contribution in [1.82, 2.24) is 4.90 Å². The largest absolute Gasteiger partial charge is 0.300 e. The van der Waals surface area contributed by atoms with Crippen molar-refractivity contribution >= 4 is 0 Å². The summed E-state index contributed by atoms with van der Waals surface area (Å²) in [7, 11) is 0. The number of likely N-dealkylation sites (tertiary alicyclic amines) is 1. The van der Waals surface area contributed by atoms with Gasteiger partial charge in [-0.3, -0.25) is 4.90 Å². The van der Waals surface area contributed by atoms with Gasteiger partial charge in [-0.15, -0.1) is 0 Å². The molecule has 3 heteroatoms. The zero-order valence-electron chi connectivity index (χ0n) is 18.2. The number of hydrogen-bond donors (Lipinski definition) is 0. The molecule has 1 fully saturated rings. The van der Waals surface area contributed by atoms with Crippen LogP contribution < -0.4 is 0 Å². The summed E-state index contributed by atoms with van der Waals surface area (Å²) in [5, 5.41) is 20.2. The molecule has 1 heterocycles. The number of piperidine rings is 1. The molecule has 0 N–H and O–H groups in total. The lowest BCUT2D eigenvalue weighted by Crippen LogP contribution is -2.42. The molecule has 0 unspecified atom stereocenters. The Labute approximate surface area is 190 Å². The molecule has 0 bridgehead atoms. The summed E-state index contributed by atoms with van der Waals surface area (Å²) in [5.74, 6) is 0. The van der Waals surface area contributed by atoms with E-state index in [1.54, 1.807) is 0 Å². The second kappa shape index (κ2) is 9.65. The highest BCUT2D eigenvalue weighted by Gasteiger charge is 2.36. The van der Waals surface area contributed by atoms with Crippen molar-refractivity contribution in [2.75, 3.05) is 19.6 Å². The average Bonchev–Trinajstić information content (AvgIpc) is 2.89. The lowest BCUT2D eigenvalue weighted by molar-refractivity contribution is 0.203. The van der Waals surface area contributed by atoms with Gasteiger partial charge in [-0.25, -0.2) is 0 Å². The smallest absolute Gasteiger partial charge is 0.125 e.